The molecule has 0 aromatic rings. The lowest BCUT2D eigenvalue weighted by Gasteiger charge is -2.31. The van der Waals surface area contributed by atoms with E-state index in [1.807, 2.05) is 7.05 Å². The van der Waals surface area contributed by atoms with Crippen molar-refractivity contribution < 1.29 is 13.0 Å². The van der Waals surface area contributed by atoms with Crippen LogP contribution in [0.2, 0.25) is 0 Å². The maximum Gasteiger partial charge on any atom is 0.264 e. The van der Waals surface area contributed by atoms with Crippen LogP contribution < -0.4 is 0 Å². The van der Waals surface area contributed by atoms with Crippen LogP contribution in [0.15, 0.2) is 0 Å². The predicted molar refractivity (Wildman–Crippen MR) is 83.2 cm³/mol. The van der Waals surface area contributed by atoms with Crippen molar-refractivity contribution in [1.82, 2.24) is 4.90 Å². The van der Waals surface area contributed by atoms with Crippen LogP contribution in [0.25, 0.3) is 0 Å². The first-order valence-electron chi connectivity index (χ1n) is 6.79. The lowest BCUT2D eigenvalue weighted by Crippen LogP contribution is -2.38. The number of nitrogens with zero attached hydrogens (tertiary/aromatic N) is 1. The molecule has 0 amide bonds. The van der Waals surface area contributed by atoms with Gasteiger partial charge in [0.25, 0.3) is 10.1 Å². The van der Waals surface area contributed by atoms with Gasteiger partial charge in [0.1, 0.15) is 0 Å². The molecule has 5 heteroatoms. The largest absolute Gasteiger partial charge is 0.302 e. The van der Waals surface area contributed by atoms with E-state index < -0.39 is 10.1 Å². The summed E-state index contributed by atoms with van der Waals surface area (Å²) < 4.78 is 29.3. The van der Waals surface area contributed by atoms with Gasteiger partial charge in [-0.3, -0.25) is 4.55 Å². The molecule has 0 atom stereocenters. The Morgan fingerprint density at radius 2 is 1.32 bits per heavy atom. The van der Waals surface area contributed by atoms with Crippen molar-refractivity contribution in [3.05, 3.63) is 0 Å². The number of unbranched alkanes of at least 4 members (excludes halogenated alkanes) is 1. The molecule has 0 spiro atoms. The van der Waals surface area contributed by atoms with E-state index in [1.165, 1.54) is 0 Å². The second-order valence-corrected chi connectivity index (χ2v) is 9.16. The third kappa shape index (κ3) is 23.4. The molecule has 1 N–H and O–H groups in total. The Labute approximate surface area is 120 Å². The lowest BCUT2D eigenvalue weighted by atomic mass is 10.0. The van der Waals surface area contributed by atoms with Gasteiger partial charge in [0.2, 0.25) is 0 Å². The van der Waals surface area contributed by atoms with Crippen molar-refractivity contribution in [3.63, 3.8) is 0 Å². The van der Waals surface area contributed by atoms with Crippen LogP contribution >= 0.6 is 0 Å². The van der Waals surface area contributed by atoms with Crippen LogP contribution in [0.1, 0.15) is 61.3 Å². The zero-order valence-electron chi connectivity index (χ0n) is 13.9. The van der Waals surface area contributed by atoms with E-state index in [1.54, 1.807) is 0 Å². The summed E-state index contributed by atoms with van der Waals surface area (Å²) in [6, 6.07) is 0. The molecule has 0 aliphatic carbocycles. The molecule has 0 aromatic heterocycles. The van der Waals surface area contributed by atoms with Gasteiger partial charge in [-0.1, -0.05) is 27.7 Å². The number of hydrogen-bond donors (Lipinski definition) is 1. The zero-order chi connectivity index (χ0) is 15.9. The van der Waals surface area contributed by atoms with Gasteiger partial charge < -0.3 is 4.90 Å². The van der Waals surface area contributed by atoms with Gasteiger partial charge in [0, 0.05) is 5.54 Å². The summed E-state index contributed by atoms with van der Waals surface area (Å²) in [5.74, 6) is -0.134. The third-order valence-corrected chi connectivity index (χ3v) is 3.10. The topological polar surface area (TPSA) is 57.6 Å². The molecular weight excluding hydrogens is 262 g/mol. The summed E-state index contributed by atoms with van der Waals surface area (Å²) in [6.07, 6.45) is 1.30. The van der Waals surface area contributed by atoms with Gasteiger partial charge in [-0.25, -0.2) is 0 Å². The molecule has 0 saturated heterocycles. The molecule has 0 fully saturated rings. The Bertz CT molecular complexity index is 318. The minimum absolute atomic E-state index is 0.109. The molecule has 0 aliphatic heterocycles. The molecule has 19 heavy (non-hydrogen) atoms. The standard InChI is InChI=1S/C9H21NO3S.C5H12/c1-9(2,3)10(4)7-5-6-8-14(11,12)13;1-5(2,3)4/h5-8H2,1-4H3,(H,11,12,13);1-4H3. The minimum atomic E-state index is -3.78. The van der Waals surface area contributed by atoms with Crippen LogP contribution in [-0.4, -0.2) is 42.8 Å². The molecule has 4 nitrogen and oxygen atoms in total. The van der Waals surface area contributed by atoms with Gasteiger partial charge in [-0.05, 0) is 52.6 Å². The maximum atomic E-state index is 10.4. The second-order valence-electron chi connectivity index (χ2n) is 7.59. The summed E-state index contributed by atoms with van der Waals surface area (Å²) in [5, 5.41) is 0. The highest BCUT2D eigenvalue weighted by molar-refractivity contribution is 7.85. The maximum absolute atomic E-state index is 10.4. The third-order valence-electron chi connectivity index (χ3n) is 2.29. The van der Waals surface area contributed by atoms with E-state index in [9.17, 15) is 8.42 Å². The first-order chi connectivity index (χ1) is 8.13. The average molecular weight is 295 g/mol. The smallest absolute Gasteiger partial charge is 0.264 e. The highest BCUT2D eigenvalue weighted by Crippen LogP contribution is 2.11. The molecule has 0 unspecified atom stereocenters. The van der Waals surface area contributed by atoms with Crippen molar-refractivity contribution in [2.75, 3.05) is 19.3 Å². The molecule has 0 saturated carbocycles. The predicted octanol–water partition coefficient (Wildman–Crippen LogP) is 3.44. The summed E-state index contributed by atoms with van der Waals surface area (Å²) >= 11 is 0. The normalized spacial score (nSPS) is 13.2. The molecule has 0 aromatic carbocycles. The molecule has 118 valence electrons. The van der Waals surface area contributed by atoms with E-state index in [0.717, 1.165) is 13.0 Å². The summed E-state index contributed by atoms with van der Waals surface area (Å²) in [5.41, 5.74) is 0.609. The summed E-state index contributed by atoms with van der Waals surface area (Å²) in [7, 11) is -1.77. The van der Waals surface area contributed by atoms with E-state index in [-0.39, 0.29) is 11.3 Å². The van der Waals surface area contributed by atoms with Crippen LogP contribution in [-0.2, 0) is 10.1 Å². The fraction of sp³-hybridized carbons (Fsp3) is 1.00. The van der Waals surface area contributed by atoms with Gasteiger partial charge >= 0.3 is 0 Å². The first kappa shape index (κ1) is 21.2. The number of rotatable bonds is 5. The van der Waals surface area contributed by atoms with E-state index >= 15 is 0 Å². The van der Waals surface area contributed by atoms with Crippen LogP contribution in [0.4, 0.5) is 0 Å². The second kappa shape index (κ2) is 8.22. The van der Waals surface area contributed by atoms with Gasteiger partial charge in [-0.2, -0.15) is 8.42 Å². The molecule has 0 heterocycles. The monoisotopic (exact) mass is 295 g/mol. The van der Waals surface area contributed by atoms with E-state index in [2.05, 4.69) is 53.4 Å². The van der Waals surface area contributed by atoms with E-state index in [0.29, 0.717) is 11.8 Å². The molecular formula is C14H33NO3S. The summed E-state index contributed by atoms with van der Waals surface area (Å²) in [6.45, 7) is 15.9. The fourth-order valence-electron chi connectivity index (χ4n) is 0.969. The zero-order valence-corrected chi connectivity index (χ0v) is 14.8. The molecule has 0 bridgehead atoms. The Morgan fingerprint density at radius 1 is 0.947 bits per heavy atom. The highest BCUT2D eigenvalue weighted by Gasteiger charge is 2.16. The Kier molecular flexibility index (Phi) is 9.16. The van der Waals surface area contributed by atoms with Crippen molar-refractivity contribution >= 4 is 10.1 Å². The van der Waals surface area contributed by atoms with Crippen LogP contribution in [0, 0.1) is 5.41 Å². The fourth-order valence-corrected chi connectivity index (χ4v) is 1.54. The first-order valence-corrected chi connectivity index (χ1v) is 8.40. The van der Waals surface area contributed by atoms with Crippen molar-refractivity contribution in [1.29, 1.82) is 0 Å². The van der Waals surface area contributed by atoms with Gasteiger partial charge in [0.15, 0.2) is 0 Å². The minimum Gasteiger partial charge on any atom is -0.302 e. The van der Waals surface area contributed by atoms with Crippen LogP contribution in [0.3, 0.4) is 0 Å². The lowest BCUT2D eigenvalue weighted by molar-refractivity contribution is 0.173. The molecule has 0 aliphatic rings. The molecule has 0 rings (SSSR count). The van der Waals surface area contributed by atoms with Crippen molar-refractivity contribution in [2.24, 2.45) is 5.41 Å². The van der Waals surface area contributed by atoms with E-state index in [4.69, 9.17) is 4.55 Å². The van der Waals surface area contributed by atoms with Gasteiger partial charge in [-0.15, -0.1) is 0 Å². The number of hydrogen-bond acceptors (Lipinski definition) is 3. The average Bonchev–Trinajstić information content (AvgIpc) is 2.05. The Morgan fingerprint density at radius 3 is 1.58 bits per heavy atom. The quantitative estimate of drug-likeness (QED) is 0.623. The van der Waals surface area contributed by atoms with Gasteiger partial charge in [0.05, 0.1) is 5.75 Å². The SMILES string of the molecule is CC(C)(C)C.CN(CCCCS(=O)(=O)O)C(C)(C)C. The van der Waals surface area contributed by atoms with Crippen molar-refractivity contribution in [3.8, 4) is 0 Å². The highest BCUT2D eigenvalue weighted by atomic mass is 32.2. The Balaban J connectivity index is 0. The Hall–Kier alpha value is -0.130. The van der Waals surface area contributed by atoms with Crippen molar-refractivity contribution in [2.45, 2.75) is 66.8 Å². The molecule has 0 radical (unpaired) electrons. The van der Waals surface area contributed by atoms with Crippen LogP contribution in [0.5, 0.6) is 0 Å². The summed E-state index contributed by atoms with van der Waals surface area (Å²) in [4.78, 5) is 2.16.